The first kappa shape index (κ1) is 18.3. The first-order valence-electron chi connectivity index (χ1n) is 8.91. The number of aromatic nitrogens is 2. The van der Waals surface area contributed by atoms with Crippen molar-refractivity contribution in [3.63, 3.8) is 0 Å². The molecular formula is C16H27N5O3S. The maximum atomic E-state index is 11.8. The van der Waals surface area contributed by atoms with E-state index in [0.717, 1.165) is 51.8 Å². The molecule has 0 spiro atoms. The predicted octanol–water partition coefficient (Wildman–Crippen LogP) is 0.234. The number of rotatable bonds is 7. The van der Waals surface area contributed by atoms with Gasteiger partial charge in [0.05, 0.1) is 24.7 Å². The molecule has 9 heteroatoms. The van der Waals surface area contributed by atoms with Crippen LogP contribution in [0.4, 0.5) is 11.8 Å². The van der Waals surface area contributed by atoms with Crippen molar-refractivity contribution in [1.29, 1.82) is 0 Å². The van der Waals surface area contributed by atoms with E-state index in [9.17, 15) is 8.42 Å². The summed E-state index contributed by atoms with van der Waals surface area (Å²) in [6, 6.07) is 1.85. The second-order valence-electron chi connectivity index (χ2n) is 6.46. The Morgan fingerprint density at radius 2 is 2.20 bits per heavy atom. The summed E-state index contributed by atoms with van der Waals surface area (Å²) in [6.45, 7) is 7.96. The van der Waals surface area contributed by atoms with Crippen LogP contribution >= 0.6 is 0 Å². The summed E-state index contributed by atoms with van der Waals surface area (Å²) in [5.74, 6) is 1.85. The van der Waals surface area contributed by atoms with Crippen LogP contribution in [0.1, 0.15) is 13.3 Å². The van der Waals surface area contributed by atoms with E-state index in [1.165, 1.54) is 0 Å². The number of hydrogen-bond acceptors (Lipinski definition) is 8. The van der Waals surface area contributed by atoms with Crippen LogP contribution in [0.3, 0.4) is 0 Å². The number of nitrogens with one attached hydrogen (secondary N) is 1. The Morgan fingerprint density at radius 3 is 2.88 bits per heavy atom. The Morgan fingerprint density at radius 1 is 1.40 bits per heavy atom. The predicted molar refractivity (Wildman–Crippen MR) is 97.9 cm³/mol. The van der Waals surface area contributed by atoms with Crippen LogP contribution in [-0.2, 0) is 14.6 Å². The van der Waals surface area contributed by atoms with Gasteiger partial charge in [-0.2, -0.15) is 4.98 Å². The van der Waals surface area contributed by atoms with E-state index in [4.69, 9.17) is 4.74 Å². The van der Waals surface area contributed by atoms with Crippen molar-refractivity contribution in [1.82, 2.24) is 14.9 Å². The molecule has 1 atom stereocenters. The molecular weight excluding hydrogens is 342 g/mol. The van der Waals surface area contributed by atoms with Gasteiger partial charge in [-0.1, -0.05) is 0 Å². The molecule has 2 aliphatic rings. The molecule has 0 aromatic carbocycles. The van der Waals surface area contributed by atoms with Gasteiger partial charge in [0.15, 0.2) is 9.84 Å². The number of hydrogen-bond donors (Lipinski definition) is 1. The maximum absolute atomic E-state index is 11.8. The van der Waals surface area contributed by atoms with Crippen molar-refractivity contribution in [3.8, 4) is 0 Å². The molecule has 8 nitrogen and oxygen atoms in total. The highest BCUT2D eigenvalue weighted by Crippen LogP contribution is 2.23. The molecule has 3 rings (SSSR count). The van der Waals surface area contributed by atoms with Crippen LogP contribution in [0.5, 0.6) is 0 Å². The van der Waals surface area contributed by atoms with E-state index >= 15 is 0 Å². The van der Waals surface area contributed by atoms with Gasteiger partial charge in [-0.25, -0.2) is 13.4 Å². The first-order chi connectivity index (χ1) is 12.1. The Balaban J connectivity index is 1.58. The minimum atomic E-state index is -2.91. The van der Waals surface area contributed by atoms with Crippen molar-refractivity contribution in [2.24, 2.45) is 0 Å². The fourth-order valence-electron chi connectivity index (χ4n) is 3.37. The lowest BCUT2D eigenvalue weighted by Crippen LogP contribution is -2.39. The lowest BCUT2D eigenvalue weighted by atomic mass is 10.2. The molecule has 25 heavy (non-hydrogen) atoms. The topological polar surface area (TPSA) is 87.7 Å². The van der Waals surface area contributed by atoms with E-state index in [-0.39, 0.29) is 17.5 Å². The highest BCUT2D eigenvalue weighted by atomic mass is 32.2. The quantitative estimate of drug-likeness (QED) is 0.731. The van der Waals surface area contributed by atoms with Gasteiger partial charge in [0, 0.05) is 45.0 Å². The number of nitrogens with zero attached hydrogens (tertiary/aromatic N) is 4. The van der Waals surface area contributed by atoms with Gasteiger partial charge < -0.3 is 15.0 Å². The average molecular weight is 369 g/mol. The zero-order chi connectivity index (χ0) is 17.7. The van der Waals surface area contributed by atoms with Gasteiger partial charge >= 0.3 is 0 Å². The summed E-state index contributed by atoms with van der Waals surface area (Å²) in [4.78, 5) is 13.3. The molecule has 2 aliphatic heterocycles. The average Bonchev–Trinajstić information content (AvgIpc) is 2.97. The van der Waals surface area contributed by atoms with Gasteiger partial charge in [-0.3, -0.25) is 4.90 Å². The highest BCUT2D eigenvalue weighted by molar-refractivity contribution is 7.91. The van der Waals surface area contributed by atoms with Crippen LogP contribution in [-0.4, -0.2) is 86.8 Å². The van der Waals surface area contributed by atoms with Crippen LogP contribution in [0, 0.1) is 0 Å². The summed E-state index contributed by atoms with van der Waals surface area (Å²) in [6.07, 6.45) is 2.39. The molecule has 140 valence electrons. The molecule has 1 aromatic rings. The maximum Gasteiger partial charge on any atom is 0.224 e. The SMILES string of the molecule is CCN(c1ccnc(NCCN2CCOCC2)n1)C1CCS(=O)(=O)C1. The third-order valence-corrected chi connectivity index (χ3v) is 6.49. The van der Waals surface area contributed by atoms with E-state index in [1.54, 1.807) is 6.20 Å². The monoisotopic (exact) mass is 369 g/mol. The minimum Gasteiger partial charge on any atom is -0.379 e. The van der Waals surface area contributed by atoms with Gasteiger partial charge in [-0.05, 0) is 19.4 Å². The molecule has 2 saturated heterocycles. The van der Waals surface area contributed by atoms with E-state index in [0.29, 0.717) is 12.4 Å². The Hall–Kier alpha value is -1.45. The lowest BCUT2D eigenvalue weighted by molar-refractivity contribution is 0.0398. The molecule has 0 saturated carbocycles. The van der Waals surface area contributed by atoms with E-state index < -0.39 is 9.84 Å². The number of ether oxygens (including phenoxy) is 1. The van der Waals surface area contributed by atoms with Gasteiger partial charge in [-0.15, -0.1) is 0 Å². The second-order valence-corrected chi connectivity index (χ2v) is 8.69. The van der Waals surface area contributed by atoms with Crippen LogP contribution in [0.2, 0.25) is 0 Å². The molecule has 3 heterocycles. The Labute approximate surface area is 149 Å². The van der Waals surface area contributed by atoms with E-state index in [1.807, 2.05) is 13.0 Å². The van der Waals surface area contributed by atoms with Crippen LogP contribution in [0.15, 0.2) is 12.3 Å². The number of morpholine rings is 1. The lowest BCUT2D eigenvalue weighted by Gasteiger charge is -2.28. The molecule has 1 N–H and O–H groups in total. The molecule has 1 aromatic heterocycles. The Kier molecular flexibility index (Phi) is 6.08. The summed E-state index contributed by atoms with van der Waals surface area (Å²) in [5.41, 5.74) is 0. The molecule has 0 radical (unpaired) electrons. The third-order valence-electron chi connectivity index (χ3n) is 4.74. The summed E-state index contributed by atoms with van der Waals surface area (Å²) in [7, 11) is -2.91. The minimum absolute atomic E-state index is 0.00565. The first-order valence-corrected chi connectivity index (χ1v) is 10.7. The summed E-state index contributed by atoms with van der Waals surface area (Å²) >= 11 is 0. The van der Waals surface area contributed by atoms with Crippen LogP contribution in [0.25, 0.3) is 0 Å². The van der Waals surface area contributed by atoms with Crippen molar-refractivity contribution >= 4 is 21.6 Å². The van der Waals surface area contributed by atoms with Crippen molar-refractivity contribution < 1.29 is 13.2 Å². The normalized spacial score (nSPS) is 23.5. The molecule has 0 aliphatic carbocycles. The molecule has 0 bridgehead atoms. The smallest absolute Gasteiger partial charge is 0.224 e. The highest BCUT2D eigenvalue weighted by Gasteiger charge is 2.32. The van der Waals surface area contributed by atoms with Crippen molar-refractivity contribution in [2.75, 3.05) is 67.7 Å². The summed E-state index contributed by atoms with van der Waals surface area (Å²) < 4.78 is 28.9. The molecule has 2 fully saturated rings. The fraction of sp³-hybridized carbons (Fsp3) is 0.750. The van der Waals surface area contributed by atoms with E-state index in [2.05, 4.69) is 25.1 Å². The number of sulfone groups is 1. The van der Waals surface area contributed by atoms with Gasteiger partial charge in [0.2, 0.25) is 5.95 Å². The van der Waals surface area contributed by atoms with Crippen molar-refractivity contribution in [3.05, 3.63) is 12.3 Å². The molecule has 1 unspecified atom stereocenters. The van der Waals surface area contributed by atoms with Gasteiger partial charge in [0.25, 0.3) is 0 Å². The van der Waals surface area contributed by atoms with Crippen LogP contribution < -0.4 is 10.2 Å². The molecule has 0 amide bonds. The zero-order valence-corrected chi connectivity index (χ0v) is 15.5. The zero-order valence-electron chi connectivity index (χ0n) is 14.7. The standard InChI is InChI=1S/C16H27N5O3S/c1-2-21(14-4-12-25(22,23)13-14)15-3-5-17-16(19-15)18-6-7-20-8-10-24-11-9-20/h3,5,14H,2,4,6-13H2,1H3,(H,17,18,19). The third kappa shape index (κ3) is 5.02. The van der Waals surface area contributed by atoms with Gasteiger partial charge in [0.1, 0.15) is 5.82 Å². The fourth-order valence-corrected chi connectivity index (χ4v) is 5.10. The second kappa shape index (κ2) is 8.29. The Bertz CT molecular complexity index is 663. The largest absolute Gasteiger partial charge is 0.379 e. The number of anilines is 2. The summed E-state index contributed by atoms with van der Waals surface area (Å²) in [5, 5.41) is 3.27. The van der Waals surface area contributed by atoms with Crippen molar-refractivity contribution in [2.45, 2.75) is 19.4 Å².